The highest BCUT2D eigenvalue weighted by Gasteiger charge is 2.66. The molecule has 0 nitrogen and oxygen atoms in total. The second-order valence-electron chi connectivity index (χ2n) is 8.14. The fourth-order valence-electron chi connectivity index (χ4n) is 3.52. The molecule has 4 aromatic rings. The molecule has 36 heavy (non-hydrogen) atoms. The maximum Gasteiger partial charge on any atom is 0.310 e. The molecule has 0 aromatic heterocycles. The summed E-state index contributed by atoms with van der Waals surface area (Å²) in [6.07, 6.45) is 0. The minimum Gasteiger partial charge on any atom is -0.0936 e. The van der Waals surface area contributed by atoms with Gasteiger partial charge >= 0.3 is 20.4 Å². The van der Waals surface area contributed by atoms with Gasteiger partial charge in [-0.15, -0.1) is 0 Å². The topological polar surface area (TPSA) is 0 Å². The van der Waals surface area contributed by atoms with Gasteiger partial charge in [-0.25, -0.2) is 0 Å². The van der Waals surface area contributed by atoms with Crippen LogP contribution in [0.3, 0.4) is 0 Å². The zero-order chi connectivity index (χ0) is 26.7. The fourth-order valence-corrected chi connectivity index (χ4v) is 4.82. The van der Waals surface area contributed by atoms with E-state index in [9.17, 15) is 38.9 Å². The molecule has 0 spiro atoms. The summed E-state index contributed by atoms with van der Waals surface area (Å²) in [6.45, 7) is 0. The first-order valence-corrected chi connectivity index (χ1v) is 13.9. The summed E-state index contributed by atoms with van der Waals surface area (Å²) < 4.78 is 129. The van der Waals surface area contributed by atoms with Crippen LogP contribution >= 0.6 is 20.4 Å². The van der Waals surface area contributed by atoms with Crippen molar-refractivity contribution in [3.8, 4) is 33.4 Å². The summed E-state index contributed by atoms with van der Waals surface area (Å²) in [5.74, 6) is 0. The largest absolute Gasteiger partial charge is 0.310 e. The van der Waals surface area contributed by atoms with Crippen LogP contribution in [0.15, 0.2) is 107 Å². The molecule has 0 amide bonds. The highest BCUT2D eigenvalue weighted by atomic mass is 32.5. The molecular weight excluding hydrogens is 542 g/mol. The van der Waals surface area contributed by atoms with E-state index in [-0.39, 0.29) is 0 Å². The minimum atomic E-state index is -9.75. The number of halogens is 10. The van der Waals surface area contributed by atoms with Crippen molar-refractivity contribution in [2.45, 2.75) is 9.79 Å². The van der Waals surface area contributed by atoms with Crippen molar-refractivity contribution in [3.63, 3.8) is 0 Å². The Labute approximate surface area is 199 Å². The molecule has 4 rings (SSSR count). The first kappa shape index (κ1) is 26.0. The lowest BCUT2D eigenvalue weighted by atomic mass is 9.98. The predicted octanol–water partition coefficient (Wildman–Crippen LogP) is 12.0. The van der Waals surface area contributed by atoms with Crippen molar-refractivity contribution < 1.29 is 38.9 Å². The highest BCUT2D eigenvalue weighted by Crippen LogP contribution is 3.02. The van der Waals surface area contributed by atoms with Crippen molar-refractivity contribution in [2.24, 2.45) is 0 Å². The summed E-state index contributed by atoms with van der Waals surface area (Å²) in [7, 11) is -19.5. The summed E-state index contributed by atoms with van der Waals surface area (Å²) in [5.41, 5.74) is 2.99. The predicted molar refractivity (Wildman–Crippen MR) is 126 cm³/mol. The summed E-state index contributed by atoms with van der Waals surface area (Å²) in [6, 6.07) is 18.2. The molecule has 0 aliphatic heterocycles. The van der Waals surface area contributed by atoms with Crippen LogP contribution in [-0.2, 0) is 0 Å². The van der Waals surface area contributed by atoms with Gasteiger partial charge in [0.1, 0.15) is 9.79 Å². The van der Waals surface area contributed by atoms with E-state index in [1.165, 1.54) is 0 Å². The number of benzene rings is 4. The van der Waals surface area contributed by atoms with Crippen LogP contribution in [0.5, 0.6) is 0 Å². The third-order valence-electron chi connectivity index (χ3n) is 5.37. The van der Waals surface area contributed by atoms with Gasteiger partial charge in [0.2, 0.25) is 0 Å². The van der Waals surface area contributed by atoms with Crippen LogP contribution in [0, 0.1) is 0 Å². The van der Waals surface area contributed by atoms with Crippen LogP contribution in [0.1, 0.15) is 0 Å². The normalized spacial score (nSPS) is 16.4. The van der Waals surface area contributed by atoms with Gasteiger partial charge in [0, 0.05) is 0 Å². The fraction of sp³-hybridized carbons (Fsp3) is 0. The number of hydrogen-bond donors (Lipinski definition) is 0. The van der Waals surface area contributed by atoms with Gasteiger partial charge in [0.25, 0.3) is 0 Å². The van der Waals surface area contributed by atoms with Crippen molar-refractivity contribution in [2.75, 3.05) is 0 Å². The quantitative estimate of drug-likeness (QED) is 0.214. The molecular formula is C24H16F10S2. The van der Waals surface area contributed by atoms with Gasteiger partial charge in [-0.05, 0) is 57.6 Å². The second kappa shape index (κ2) is 6.80. The lowest BCUT2D eigenvalue weighted by molar-refractivity contribution is 0.360. The van der Waals surface area contributed by atoms with Crippen LogP contribution in [-0.4, -0.2) is 0 Å². The minimum absolute atomic E-state index is 0.303. The summed E-state index contributed by atoms with van der Waals surface area (Å²) in [4.78, 5) is -3.95. The van der Waals surface area contributed by atoms with Crippen LogP contribution in [0.2, 0.25) is 0 Å². The van der Waals surface area contributed by atoms with E-state index >= 15 is 0 Å². The molecule has 0 radical (unpaired) electrons. The maximum atomic E-state index is 12.9. The molecule has 194 valence electrons. The van der Waals surface area contributed by atoms with E-state index in [4.69, 9.17) is 0 Å². The average Bonchev–Trinajstić information content (AvgIpc) is 2.77. The Kier molecular flexibility index (Phi) is 4.90. The Bertz CT molecular complexity index is 1310. The van der Waals surface area contributed by atoms with Crippen LogP contribution in [0.4, 0.5) is 38.9 Å². The Hall–Kier alpha value is -3.12. The number of rotatable bonds is 5. The summed E-state index contributed by atoms with van der Waals surface area (Å²) in [5, 5.41) is 0. The van der Waals surface area contributed by atoms with Crippen molar-refractivity contribution in [1.29, 1.82) is 0 Å². The van der Waals surface area contributed by atoms with Gasteiger partial charge in [-0.3, -0.25) is 0 Å². The van der Waals surface area contributed by atoms with Crippen molar-refractivity contribution in [3.05, 3.63) is 97.1 Å². The van der Waals surface area contributed by atoms with E-state index < -0.39 is 30.2 Å². The standard InChI is InChI=1S/C24H16F10S2/c25-35(26,27,28,29)23-13-9-21(10-14-23)19-5-1-17(2-6-19)18-3-7-20(8-4-18)22-11-15-24(16-12-22)36(30,31,32,33)34/h1-16H. The van der Waals surface area contributed by atoms with E-state index in [2.05, 4.69) is 0 Å². The molecule has 0 aliphatic carbocycles. The molecule has 0 saturated heterocycles. The lowest BCUT2D eigenvalue weighted by Crippen LogP contribution is -2.05. The third kappa shape index (κ3) is 5.81. The Morgan fingerprint density at radius 3 is 0.528 bits per heavy atom. The van der Waals surface area contributed by atoms with Gasteiger partial charge < -0.3 is 0 Å². The van der Waals surface area contributed by atoms with E-state index in [1.54, 1.807) is 48.5 Å². The van der Waals surface area contributed by atoms with E-state index in [0.29, 0.717) is 57.6 Å². The molecule has 0 heterocycles. The van der Waals surface area contributed by atoms with Crippen molar-refractivity contribution in [1.82, 2.24) is 0 Å². The SMILES string of the molecule is FS(F)(F)(F)(F)c1ccc(-c2ccc(-c3ccc(-c4ccc(S(F)(F)(F)(F)F)cc4)cc3)cc2)cc1. The lowest BCUT2D eigenvalue weighted by Gasteiger charge is -2.40. The molecule has 12 heteroatoms. The highest BCUT2D eigenvalue weighted by molar-refractivity contribution is 8.46. The van der Waals surface area contributed by atoms with E-state index in [0.717, 1.165) is 24.3 Å². The molecule has 4 aromatic carbocycles. The first-order chi connectivity index (χ1) is 16.1. The first-order valence-electron chi connectivity index (χ1n) is 9.99. The maximum absolute atomic E-state index is 12.9. The van der Waals surface area contributed by atoms with Crippen LogP contribution in [0.25, 0.3) is 33.4 Å². The number of hydrogen-bond acceptors (Lipinski definition) is 0. The van der Waals surface area contributed by atoms with Crippen molar-refractivity contribution >= 4 is 20.4 Å². The van der Waals surface area contributed by atoms with Gasteiger partial charge in [0.15, 0.2) is 0 Å². The van der Waals surface area contributed by atoms with Gasteiger partial charge in [0.05, 0.1) is 0 Å². The Morgan fingerprint density at radius 1 is 0.250 bits per heavy atom. The molecule has 0 unspecified atom stereocenters. The zero-order valence-electron chi connectivity index (χ0n) is 17.8. The van der Waals surface area contributed by atoms with E-state index in [1.807, 2.05) is 0 Å². The van der Waals surface area contributed by atoms with Gasteiger partial charge in [-0.1, -0.05) is 112 Å². The zero-order valence-corrected chi connectivity index (χ0v) is 19.5. The smallest absolute Gasteiger partial charge is 0.0936 e. The molecule has 0 N–H and O–H groups in total. The average molecular weight is 559 g/mol. The molecule has 0 saturated carbocycles. The van der Waals surface area contributed by atoms with Crippen LogP contribution < -0.4 is 0 Å². The Balaban J connectivity index is 1.53. The molecule has 0 atom stereocenters. The molecule has 0 aliphatic rings. The summed E-state index contributed by atoms with van der Waals surface area (Å²) >= 11 is 0. The monoisotopic (exact) mass is 558 g/mol. The second-order valence-corrected chi connectivity index (χ2v) is 13.0. The third-order valence-corrected chi connectivity index (χ3v) is 7.70. The molecule has 0 bridgehead atoms. The molecule has 0 fully saturated rings. The Morgan fingerprint density at radius 2 is 0.389 bits per heavy atom. The van der Waals surface area contributed by atoms with Gasteiger partial charge in [-0.2, -0.15) is 0 Å².